The number of carbonyl (C=O) groups is 1. The molecule has 1 saturated heterocycles. The number of likely N-dealkylation sites (tertiary alicyclic amines) is 1. The van der Waals surface area contributed by atoms with Crippen LogP contribution in [0.5, 0.6) is 5.75 Å². The summed E-state index contributed by atoms with van der Waals surface area (Å²) >= 11 is 0. The van der Waals surface area contributed by atoms with Crippen molar-refractivity contribution in [1.29, 1.82) is 5.26 Å². The molecule has 2 fully saturated rings. The van der Waals surface area contributed by atoms with Crippen LogP contribution in [0.1, 0.15) is 41.0 Å². The largest absolute Gasteiger partial charge is 0.480 e. The lowest BCUT2D eigenvalue weighted by Gasteiger charge is -2.23. The van der Waals surface area contributed by atoms with Gasteiger partial charge >= 0.3 is 18.2 Å². The summed E-state index contributed by atoms with van der Waals surface area (Å²) < 4.78 is 86.3. The van der Waals surface area contributed by atoms with Crippen molar-refractivity contribution < 1.29 is 40.4 Å². The maximum Gasteiger partial charge on any atom is 0.471 e. The number of rotatable bonds is 4. The summed E-state index contributed by atoms with van der Waals surface area (Å²) in [5.41, 5.74) is -1.12. The Balaban J connectivity index is 1.58. The molecule has 2 unspecified atom stereocenters. The minimum atomic E-state index is -4.81. The third-order valence-corrected chi connectivity index (χ3v) is 5.65. The molecule has 13 heteroatoms. The molecular formula is C19H14F6N4O3. The van der Waals surface area contributed by atoms with E-state index in [4.69, 9.17) is 10.00 Å². The highest BCUT2D eigenvalue weighted by molar-refractivity contribution is 5.97. The van der Waals surface area contributed by atoms with Gasteiger partial charge in [0.05, 0.1) is 22.6 Å². The van der Waals surface area contributed by atoms with Crippen molar-refractivity contribution in [3.8, 4) is 11.8 Å². The van der Waals surface area contributed by atoms with Crippen LogP contribution in [0.2, 0.25) is 0 Å². The number of fused-ring (bicyclic) bond motifs is 1. The molecule has 1 aromatic carbocycles. The molecule has 7 nitrogen and oxygen atoms in total. The lowest BCUT2D eigenvalue weighted by molar-refractivity contribution is -0.189. The van der Waals surface area contributed by atoms with Gasteiger partial charge in [-0.2, -0.15) is 36.6 Å². The van der Waals surface area contributed by atoms with E-state index in [0.29, 0.717) is 6.42 Å². The van der Waals surface area contributed by atoms with Crippen molar-refractivity contribution >= 4 is 5.91 Å². The van der Waals surface area contributed by atoms with Crippen molar-refractivity contribution in [3.63, 3.8) is 0 Å². The number of piperidine rings is 1. The molecule has 1 saturated carbocycles. The second kappa shape index (κ2) is 7.11. The average Bonchev–Trinajstić information content (AvgIpc) is 3.09. The first kappa shape index (κ1) is 21.9. The summed E-state index contributed by atoms with van der Waals surface area (Å²) in [4.78, 5) is 17.8. The minimum absolute atomic E-state index is 0.0346. The number of hydrogen-bond acceptors (Lipinski definition) is 6. The zero-order chi connectivity index (χ0) is 23.5. The van der Waals surface area contributed by atoms with Crippen LogP contribution in [-0.4, -0.2) is 46.3 Å². The third kappa shape index (κ3) is 3.74. The Morgan fingerprint density at radius 1 is 1.34 bits per heavy atom. The van der Waals surface area contributed by atoms with E-state index in [-0.39, 0.29) is 41.7 Å². The number of nitrogens with zero attached hydrogens (tertiary/aromatic N) is 4. The summed E-state index contributed by atoms with van der Waals surface area (Å²) in [7, 11) is 0. The summed E-state index contributed by atoms with van der Waals surface area (Å²) in [5, 5.41) is 12.5. The van der Waals surface area contributed by atoms with Crippen molar-refractivity contribution in [1.82, 2.24) is 15.0 Å². The molecule has 4 rings (SSSR count). The number of halogens is 6. The van der Waals surface area contributed by atoms with E-state index in [1.807, 2.05) is 0 Å². The van der Waals surface area contributed by atoms with Gasteiger partial charge in [-0.3, -0.25) is 4.79 Å². The van der Waals surface area contributed by atoms with Crippen molar-refractivity contribution in [2.75, 3.05) is 13.1 Å². The predicted octanol–water partition coefficient (Wildman–Crippen LogP) is 3.70. The summed E-state index contributed by atoms with van der Waals surface area (Å²) in [5.74, 6) is -2.94. The molecule has 0 bridgehead atoms. The number of aromatic nitrogens is 2. The van der Waals surface area contributed by atoms with E-state index in [1.54, 1.807) is 6.07 Å². The van der Waals surface area contributed by atoms with Gasteiger partial charge in [0.1, 0.15) is 5.75 Å². The van der Waals surface area contributed by atoms with Crippen molar-refractivity contribution in [2.24, 2.45) is 5.92 Å². The van der Waals surface area contributed by atoms with Crippen molar-refractivity contribution in [2.45, 2.75) is 37.2 Å². The average molecular weight is 460 g/mol. The van der Waals surface area contributed by atoms with Gasteiger partial charge in [-0.25, -0.2) is 0 Å². The molecule has 2 aliphatic rings. The lowest BCUT2D eigenvalue weighted by Crippen LogP contribution is -2.35. The van der Waals surface area contributed by atoms with Crippen LogP contribution in [0.4, 0.5) is 26.3 Å². The highest BCUT2D eigenvalue weighted by Crippen LogP contribution is 2.58. The predicted molar refractivity (Wildman–Crippen MR) is 92.3 cm³/mol. The van der Waals surface area contributed by atoms with Crippen LogP contribution in [0.25, 0.3) is 0 Å². The first-order valence-corrected chi connectivity index (χ1v) is 9.33. The van der Waals surface area contributed by atoms with E-state index in [2.05, 4.69) is 14.7 Å². The second-order valence-corrected chi connectivity index (χ2v) is 7.79. The minimum Gasteiger partial charge on any atom is -0.480 e. The quantitative estimate of drug-likeness (QED) is 0.647. The van der Waals surface area contributed by atoms with Crippen LogP contribution >= 0.6 is 0 Å². The summed E-state index contributed by atoms with van der Waals surface area (Å²) in [6.45, 7) is 0.874. The van der Waals surface area contributed by atoms with Gasteiger partial charge in [0.25, 0.3) is 5.91 Å². The fraction of sp³-hybridized carbons (Fsp3) is 0.474. The van der Waals surface area contributed by atoms with Gasteiger partial charge in [-0.1, -0.05) is 5.16 Å². The Kier molecular flexibility index (Phi) is 4.87. The van der Waals surface area contributed by atoms with E-state index in [0.717, 1.165) is 19.1 Å². The maximum absolute atomic E-state index is 13.1. The Hall–Kier alpha value is -3.30. The molecule has 3 atom stereocenters. The number of benzene rings is 1. The number of amides is 1. The molecule has 1 aliphatic carbocycles. The Labute approximate surface area is 176 Å². The molecule has 1 amide bonds. The molecule has 1 aliphatic heterocycles. The molecule has 0 radical (unpaired) electrons. The molecule has 2 heterocycles. The molecular weight excluding hydrogens is 446 g/mol. The van der Waals surface area contributed by atoms with Crippen LogP contribution in [-0.2, 0) is 11.6 Å². The molecule has 1 aromatic heterocycles. The number of nitriles is 1. The van der Waals surface area contributed by atoms with E-state index >= 15 is 0 Å². The maximum atomic E-state index is 13.1. The fourth-order valence-electron chi connectivity index (χ4n) is 3.82. The summed E-state index contributed by atoms with van der Waals surface area (Å²) in [6.07, 6.45) is -11.2. The second-order valence-electron chi connectivity index (χ2n) is 7.79. The highest BCUT2D eigenvalue weighted by atomic mass is 19.4. The smallest absolute Gasteiger partial charge is 0.471 e. The first-order chi connectivity index (χ1) is 14.8. The lowest BCUT2D eigenvalue weighted by atomic mass is 10.1. The normalized spacial score (nSPS) is 23.4. The Morgan fingerprint density at radius 2 is 2.06 bits per heavy atom. The summed E-state index contributed by atoms with van der Waals surface area (Å²) in [6, 6.07) is 5.25. The SMILES string of the molecule is C[C@@H](Oc1ccc(C#N)cc1C(=O)N1CC2CC2(c2noc(C(F)(F)F)n2)C1)C(F)(F)F. The number of alkyl halides is 6. The third-order valence-electron chi connectivity index (χ3n) is 5.65. The standard InChI is InChI=1S/C19H14F6N4O3/c1-9(18(20,21)22)31-13-3-2-10(6-26)4-12(13)14(30)29-7-11-5-17(11,8-29)15-27-16(32-28-15)19(23,24)25/h2-4,9,11H,5,7-8H2,1H3/t9-,11?,17?/m1/s1. The van der Waals surface area contributed by atoms with Gasteiger partial charge in [0.15, 0.2) is 11.9 Å². The van der Waals surface area contributed by atoms with E-state index in [1.165, 1.54) is 11.0 Å². The van der Waals surface area contributed by atoms with Crippen LogP contribution < -0.4 is 4.74 Å². The number of ether oxygens (including phenoxy) is 1. The monoisotopic (exact) mass is 460 g/mol. The Bertz CT molecular complexity index is 1110. The first-order valence-electron chi connectivity index (χ1n) is 9.33. The van der Waals surface area contributed by atoms with Gasteiger partial charge < -0.3 is 14.2 Å². The van der Waals surface area contributed by atoms with E-state index < -0.39 is 35.7 Å². The molecule has 0 spiro atoms. The van der Waals surface area contributed by atoms with Crippen LogP contribution in [0.15, 0.2) is 22.7 Å². The Morgan fingerprint density at radius 3 is 2.66 bits per heavy atom. The van der Waals surface area contributed by atoms with Crippen LogP contribution in [0, 0.1) is 17.2 Å². The fourth-order valence-corrected chi connectivity index (χ4v) is 3.82. The molecule has 0 N–H and O–H groups in total. The zero-order valence-electron chi connectivity index (χ0n) is 16.3. The highest BCUT2D eigenvalue weighted by Gasteiger charge is 2.65. The number of hydrogen-bond donors (Lipinski definition) is 0. The van der Waals surface area contributed by atoms with Crippen molar-refractivity contribution in [3.05, 3.63) is 41.0 Å². The van der Waals surface area contributed by atoms with Gasteiger partial charge in [-0.15, -0.1) is 0 Å². The number of carbonyl (C=O) groups excluding carboxylic acids is 1. The van der Waals surface area contributed by atoms with Gasteiger partial charge in [0, 0.05) is 13.1 Å². The van der Waals surface area contributed by atoms with Gasteiger partial charge in [0.2, 0.25) is 0 Å². The molecule has 170 valence electrons. The van der Waals surface area contributed by atoms with Crippen LogP contribution in [0.3, 0.4) is 0 Å². The van der Waals surface area contributed by atoms with Gasteiger partial charge in [-0.05, 0) is 37.5 Å². The molecule has 32 heavy (non-hydrogen) atoms. The molecule has 2 aromatic rings. The van der Waals surface area contributed by atoms with E-state index in [9.17, 15) is 31.1 Å². The topological polar surface area (TPSA) is 92.2 Å². The zero-order valence-corrected chi connectivity index (χ0v) is 16.3.